The summed E-state index contributed by atoms with van der Waals surface area (Å²) in [5.74, 6) is 1.06. The molecule has 2 heteroatoms. The van der Waals surface area contributed by atoms with Crippen LogP contribution in [0.3, 0.4) is 0 Å². The van der Waals surface area contributed by atoms with Gasteiger partial charge >= 0.3 is 0 Å². The van der Waals surface area contributed by atoms with Crippen LogP contribution in [-0.2, 0) is 0 Å². The highest BCUT2D eigenvalue weighted by atomic mass is 15.1. The van der Waals surface area contributed by atoms with Gasteiger partial charge in [0, 0.05) is 11.1 Å². The molecule has 1 atom stereocenters. The van der Waals surface area contributed by atoms with E-state index in [1.807, 2.05) is 6.07 Å². The minimum absolute atomic E-state index is 0.343. The number of nitrogens with zero attached hydrogens (tertiary/aromatic N) is 2. The molecule has 4 rings (SSSR count). The molecule has 0 saturated heterocycles. The highest BCUT2D eigenvalue weighted by Gasteiger charge is 2.19. The zero-order valence-electron chi connectivity index (χ0n) is 10.7. The summed E-state index contributed by atoms with van der Waals surface area (Å²) >= 11 is 0. The Morgan fingerprint density at radius 1 is 1.00 bits per heavy atom. The quantitative estimate of drug-likeness (QED) is 0.626. The van der Waals surface area contributed by atoms with Crippen molar-refractivity contribution < 1.29 is 0 Å². The molecule has 1 unspecified atom stereocenters. The van der Waals surface area contributed by atoms with Gasteiger partial charge in [0.2, 0.25) is 0 Å². The standard InChI is InChI=1S/C17H14N2/c1-12-10-11-13-8-5-9-15-16(13)19(12)17(18-15)14-6-3-2-4-7-14/h2-12H,1H3. The third-order valence-corrected chi connectivity index (χ3v) is 3.73. The van der Waals surface area contributed by atoms with E-state index in [0.717, 1.165) is 11.3 Å². The lowest BCUT2D eigenvalue weighted by atomic mass is 10.1. The van der Waals surface area contributed by atoms with Crippen molar-refractivity contribution in [3.8, 4) is 11.4 Å². The Labute approximate surface area is 112 Å². The van der Waals surface area contributed by atoms with Crippen LogP contribution in [0.25, 0.3) is 28.5 Å². The molecule has 2 aromatic carbocycles. The van der Waals surface area contributed by atoms with E-state index in [1.54, 1.807) is 0 Å². The van der Waals surface area contributed by atoms with E-state index in [4.69, 9.17) is 4.98 Å². The highest BCUT2D eigenvalue weighted by Crippen LogP contribution is 2.34. The zero-order valence-corrected chi connectivity index (χ0v) is 10.7. The average molecular weight is 246 g/mol. The van der Waals surface area contributed by atoms with Gasteiger partial charge in [-0.15, -0.1) is 0 Å². The van der Waals surface area contributed by atoms with Crippen molar-refractivity contribution in [2.24, 2.45) is 0 Å². The zero-order chi connectivity index (χ0) is 12.8. The van der Waals surface area contributed by atoms with Crippen LogP contribution in [0.2, 0.25) is 0 Å². The fourth-order valence-electron chi connectivity index (χ4n) is 2.83. The summed E-state index contributed by atoms with van der Waals surface area (Å²) in [6, 6.07) is 17.1. The molecule has 3 aromatic rings. The molecule has 1 aliphatic heterocycles. The monoisotopic (exact) mass is 246 g/mol. The number of aromatic nitrogens is 2. The summed E-state index contributed by atoms with van der Waals surface area (Å²) in [6.07, 6.45) is 4.43. The second-order valence-electron chi connectivity index (χ2n) is 4.99. The molecular weight excluding hydrogens is 232 g/mol. The summed E-state index contributed by atoms with van der Waals surface area (Å²) in [5.41, 5.74) is 4.75. The molecule has 1 aliphatic rings. The van der Waals surface area contributed by atoms with E-state index in [9.17, 15) is 0 Å². The van der Waals surface area contributed by atoms with E-state index in [2.05, 4.69) is 66.1 Å². The number of imidazole rings is 1. The van der Waals surface area contributed by atoms with Gasteiger partial charge in [-0.05, 0) is 13.0 Å². The predicted molar refractivity (Wildman–Crippen MR) is 78.9 cm³/mol. The van der Waals surface area contributed by atoms with Gasteiger partial charge in [0.05, 0.1) is 17.1 Å². The maximum absolute atomic E-state index is 4.83. The molecule has 2 heterocycles. The van der Waals surface area contributed by atoms with Crippen molar-refractivity contribution in [3.05, 3.63) is 60.2 Å². The molecule has 0 saturated carbocycles. The van der Waals surface area contributed by atoms with Crippen LogP contribution >= 0.6 is 0 Å². The minimum Gasteiger partial charge on any atom is -0.317 e. The molecule has 0 amide bonds. The van der Waals surface area contributed by atoms with Gasteiger partial charge in [-0.1, -0.05) is 54.6 Å². The number of allylic oxidation sites excluding steroid dienone is 1. The third kappa shape index (κ3) is 1.46. The Kier molecular flexibility index (Phi) is 2.12. The summed E-state index contributed by atoms with van der Waals surface area (Å²) in [6.45, 7) is 2.21. The third-order valence-electron chi connectivity index (χ3n) is 3.73. The molecule has 0 aliphatic carbocycles. The van der Waals surface area contributed by atoms with Crippen molar-refractivity contribution in [1.29, 1.82) is 0 Å². The normalized spacial score (nSPS) is 17.0. The lowest BCUT2D eigenvalue weighted by Gasteiger charge is -2.19. The van der Waals surface area contributed by atoms with E-state index in [-0.39, 0.29) is 0 Å². The summed E-state index contributed by atoms with van der Waals surface area (Å²) < 4.78 is 2.33. The molecule has 0 bridgehead atoms. The first-order valence-corrected chi connectivity index (χ1v) is 6.59. The summed E-state index contributed by atoms with van der Waals surface area (Å²) in [7, 11) is 0. The van der Waals surface area contributed by atoms with Crippen LogP contribution in [0, 0.1) is 0 Å². The van der Waals surface area contributed by atoms with Gasteiger partial charge in [0.15, 0.2) is 0 Å². The van der Waals surface area contributed by atoms with Crippen LogP contribution in [0.15, 0.2) is 54.6 Å². The molecule has 0 N–H and O–H groups in total. The van der Waals surface area contributed by atoms with Crippen LogP contribution in [-0.4, -0.2) is 9.55 Å². The maximum atomic E-state index is 4.83. The average Bonchev–Trinajstić information content (AvgIpc) is 2.85. The minimum atomic E-state index is 0.343. The van der Waals surface area contributed by atoms with Gasteiger partial charge in [-0.2, -0.15) is 0 Å². The fourth-order valence-corrected chi connectivity index (χ4v) is 2.83. The van der Waals surface area contributed by atoms with Crippen molar-refractivity contribution in [2.45, 2.75) is 13.0 Å². The van der Waals surface area contributed by atoms with Gasteiger partial charge in [0.1, 0.15) is 5.82 Å². The lowest BCUT2D eigenvalue weighted by Crippen LogP contribution is -2.07. The Morgan fingerprint density at radius 3 is 2.68 bits per heavy atom. The molecule has 19 heavy (non-hydrogen) atoms. The van der Waals surface area contributed by atoms with Crippen molar-refractivity contribution >= 4 is 17.1 Å². The van der Waals surface area contributed by atoms with E-state index in [0.29, 0.717) is 6.04 Å². The molecule has 92 valence electrons. The van der Waals surface area contributed by atoms with Gasteiger partial charge < -0.3 is 4.57 Å². The summed E-state index contributed by atoms with van der Waals surface area (Å²) in [5, 5.41) is 0. The van der Waals surface area contributed by atoms with E-state index in [1.165, 1.54) is 16.6 Å². The molecule has 1 aromatic heterocycles. The number of para-hydroxylation sites is 1. The van der Waals surface area contributed by atoms with E-state index < -0.39 is 0 Å². The largest absolute Gasteiger partial charge is 0.317 e. The first-order chi connectivity index (χ1) is 9.34. The smallest absolute Gasteiger partial charge is 0.141 e. The second kappa shape index (κ2) is 3.82. The second-order valence-corrected chi connectivity index (χ2v) is 4.99. The maximum Gasteiger partial charge on any atom is 0.141 e. The first kappa shape index (κ1) is 10.6. The Balaban J connectivity index is 2.10. The fraction of sp³-hybridized carbons (Fsp3) is 0.118. The van der Waals surface area contributed by atoms with Crippen molar-refractivity contribution in [3.63, 3.8) is 0 Å². The molecule has 2 nitrogen and oxygen atoms in total. The van der Waals surface area contributed by atoms with Crippen LogP contribution in [0.1, 0.15) is 18.5 Å². The van der Waals surface area contributed by atoms with E-state index >= 15 is 0 Å². The van der Waals surface area contributed by atoms with Crippen LogP contribution in [0.5, 0.6) is 0 Å². The number of hydrogen-bond acceptors (Lipinski definition) is 1. The van der Waals surface area contributed by atoms with Crippen molar-refractivity contribution in [1.82, 2.24) is 9.55 Å². The van der Waals surface area contributed by atoms with Crippen LogP contribution in [0.4, 0.5) is 0 Å². The van der Waals surface area contributed by atoms with Gasteiger partial charge in [0.25, 0.3) is 0 Å². The van der Waals surface area contributed by atoms with Gasteiger partial charge in [-0.3, -0.25) is 0 Å². The topological polar surface area (TPSA) is 17.8 Å². The Morgan fingerprint density at radius 2 is 1.84 bits per heavy atom. The highest BCUT2D eigenvalue weighted by molar-refractivity contribution is 5.90. The molecule has 0 fully saturated rings. The Bertz CT molecular complexity index is 782. The van der Waals surface area contributed by atoms with Gasteiger partial charge in [-0.25, -0.2) is 4.98 Å². The molecule has 0 spiro atoms. The lowest BCUT2D eigenvalue weighted by molar-refractivity contribution is 0.686. The van der Waals surface area contributed by atoms with Crippen molar-refractivity contribution in [2.75, 3.05) is 0 Å². The molecule has 0 radical (unpaired) electrons. The predicted octanol–water partition coefficient (Wildman–Crippen LogP) is 4.29. The number of benzene rings is 2. The Hall–Kier alpha value is -2.35. The number of rotatable bonds is 1. The molecular formula is C17H14N2. The van der Waals surface area contributed by atoms with Crippen LogP contribution < -0.4 is 0 Å². The number of hydrogen-bond donors (Lipinski definition) is 0. The SMILES string of the molecule is CC1C=Cc2cccc3nc(-c4ccccc4)n1c23. The summed E-state index contributed by atoms with van der Waals surface area (Å²) in [4.78, 5) is 4.83. The first-order valence-electron chi connectivity index (χ1n) is 6.59.